The molecule has 5 heteroatoms. The fourth-order valence-corrected chi connectivity index (χ4v) is 3.54. The van der Waals surface area contributed by atoms with Crippen molar-refractivity contribution in [3.63, 3.8) is 0 Å². The van der Waals surface area contributed by atoms with Gasteiger partial charge in [0, 0.05) is 17.3 Å². The van der Waals surface area contributed by atoms with Crippen LogP contribution in [-0.2, 0) is 24.1 Å². The highest BCUT2D eigenvalue weighted by Crippen LogP contribution is 2.28. The number of carbonyl (C=O) groups excluding carboxylic acids is 1. The number of nitrogens with two attached hydrogens (primary N) is 1. The molecule has 1 amide bonds. The number of rotatable bonds is 3. The second-order valence-electron chi connectivity index (χ2n) is 5.09. The van der Waals surface area contributed by atoms with E-state index in [0.717, 1.165) is 30.5 Å². The van der Waals surface area contributed by atoms with Crippen molar-refractivity contribution < 1.29 is 4.79 Å². The molecular weight excluding hydrogens is 270 g/mol. The highest BCUT2D eigenvalue weighted by atomic mass is 32.1. The Morgan fingerprint density at radius 2 is 2.20 bits per heavy atom. The smallest absolute Gasteiger partial charge is 0.224 e. The number of nitrogens with one attached hydrogen (secondary N) is 1. The summed E-state index contributed by atoms with van der Waals surface area (Å²) in [5.41, 5.74) is 7.88. The van der Waals surface area contributed by atoms with Gasteiger partial charge in [-0.15, -0.1) is 11.3 Å². The average molecular weight is 287 g/mol. The molecule has 0 fully saturated rings. The van der Waals surface area contributed by atoms with E-state index in [4.69, 9.17) is 5.73 Å². The summed E-state index contributed by atoms with van der Waals surface area (Å²) in [6.07, 6.45) is 3.13. The van der Waals surface area contributed by atoms with Gasteiger partial charge in [0.15, 0.2) is 5.13 Å². The van der Waals surface area contributed by atoms with Crippen molar-refractivity contribution in [2.24, 2.45) is 0 Å². The van der Waals surface area contributed by atoms with Gasteiger partial charge in [-0.2, -0.15) is 0 Å². The van der Waals surface area contributed by atoms with E-state index in [1.807, 2.05) is 30.3 Å². The molecule has 0 bridgehead atoms. The number of hydrogen-bond donors (Lipinski definition) is 2. The molecule has 3 rings (SSSR count). The Hall–Kier alpha value is -1.88. The van der Waals surface area contributed by atoms with Gasteiger partial charge in [-0.3, -0.25) is 4.79 Å². The standard InChI is InChI=1S/C15H17N3OS/c16-15-18-12-7-6-11(9-13(12)20-15)17-14(19)8-10-4-2-1-3-5-10/h1-5,11H,6-9H2,(H2,16,18)(H,17,19). The number of aryl methyl sites for hydroxylation is 1. The lowest BCUT2D eigenvalue weighted by Crippen LogP contribution is -2.39. The predicted molar refractivity (Wildman–Crippen MR) is 80.6 cm³/mol. The van der Waals surface area contributed by atoms with Crippen molar-refractivity contribution in [2.75, 3.05) is 5.73 Å². The third-order valence-corrected chi connectivity index (χ3v) is 4.48. The first kappa shape index (κ1) is 13.1. The Morgan fingerprint density at radius 1 is 1.40 bits per heavy atom. The monoisotopic (exact) mass is 287 g/mol. The fraction of sp³-hybridized carbons (Fsp3) is 0.333. The zero-order valence-electron chi connectivity index (χ0n) is 11.1. The number of nitrogen functional groups attached to an aromatic ring is 1. The summed E-state index contributed by atoms with van der Waals surface area (Å²) in [6.45, 7) is 0. The fourth-order valence-electron chi connectivity index (χ4n) is 2.58. The van der Waals surface area contributed by atoms with E-state index in [1.165, 1.54) is 4.88 Å². The van der Waals surface area contributed by atoms with Crippen molar-refractivity contribution in [3.05, 3.63) is 46.5 Å². The number of thiazole rings is 1. The second-order valence-corrected chi connectivity index (χ2v) is 6.21. The summed E-state index contributed by atoms with van der Waals surface area (Å²) in [4.78, 5) is 17.6. The number of carbonyl (C=O) groups is 1. The minimum absolute atomic E-state index is 0.0853. The Balaban J connectivity index is 1.58. The van der Waals surface area contributed by atoms with E-state index >= 15 is 0 Å². The summed E-state index contributed by atoms with van der Waals surface area (Å²) in [7, 11) is 0. The zero-order valence-corrected chi connectivity index (χ0v) is 12.0. The lowest BCUT2D eigenvalue weighted by molar-refractivity contribution is -0.121. The molecule has 1 heterocycles. The van der Waals surface area contributed by atoms with Gasteiger partial charge in [0.2, 0.25) is 5.91 Å². The van der Waals surface area contributed by atoms with Gasteiger partial charge in [-0.1, -0.05) is 30.3 Å². The van der Waals surface area contributed by atoms with Crippen LogP contribution in [0, 0.1) is 0 Å². The molecule has 1 atom stereocenters. The maximum absolute atomic E-state index is 12.0. The maximum atomic E-state index is 12.0. The lowest BCUT2D eigenvalue weighted by Gasteiger charge is -2.22. The minimum atomic E-state index is 0.0853. The van der Waals surface area contributed by atoms with Crippen LogP contribution in [0.1, 0.15) is 22.6 Å². The van der Waals surface area contributed by atoms with Crippen LogP contribution >= 0.6 is 11.3 Å². The molecule has 0 saturated heterocycles. The minimum Gasteiger partial charge on any atom is -0.375 e. The molecule has 0 radical (unpaired) electrons. The summed E-state index contributed by atoms with van der Waals surface area (Å²) in [5, 5.41) is 3.75. The Bertz CT molecular complexity index is 609. The molecule has 0 saturated carbocycles. The second kappa shape index (κ2) is 5.63. The van der Waals surface area contributed by atoms with Crippen molar-refractivity contribution in [3.8, 4) is 0 Å². The average Bonchev–Trinajstić information content (AvgIpc) is 2.79. The maximum Gasteiger partial charge on any atom is 0.224 e. The summed E-state index contributed by atoms with van der Waals surface area (Å²) in [5.74, 6) is 0.0853. The highest BCUT2D eigenvalue weighted by Gasteiger charge is 2.23. The van der Waals surface area contributed by atoms with Crippen LogP contribution in [-0.4, -0.2) is 16.9 Å². The molecule has 1 unspecified atom stereocenters. The number of nitrogens with zero attached hydrogens (tertiary/aromatic N) is 1. The summed E-state index contributed by atoms with van der Waals surface area (Å²) >= 11 is 1.54. The van der Waals surface area contributed by atoms with Gasteiger partial charge in [-0.05, 0) is 18.4 Å². The van der Waals surface area contributed by atoms with Crippen LogP contribution in [0.2, 0.25) is 0 Å². The lowest BCUT2D eigenvalue weighted by atomic mass is 9.97. The van der Waals surface area contributed by atoms with Crippen molar-refractivity contribution in [1.82, 2.24) is 10.3 Å². The van der Waals surface area contributed by atoms with Gasteiger partial charge in [0.05, 0.1) is 12.1 Å². The number of fused-ring (bicyclic) bond motifs is 1. The SMILES string of the molecule is Nc1nc2c(s1)CC(NC(=O)Cc1ccccc1)CC2. The molecule has 1 aliphatic carbocycles. The molecule has 2 aromatic rings. The molecule has 1 aromatic heterocycles. The molecule has 1 aliphatic rings. The van der Waals surface area contributed by atoms with E-state index < -0.39 is 0 Å². The van der Waals surface area contributed by atoms with Crippen LogP contribution in [0.4, 0.5) is 5.13 Å². The number of hydrogen-bond acceptors (Lipinski definition) is 4. The van der Waals surface area contributed by atoms with E-state index in [9.17, 15) is 4.79 Å². The van der Waals surface area contributed by atoms with Gasteiger partial charge < -0.3 is 11.1 Å². The van der Waals surface area contributed by atoms with Crippen LogP contribution < -0.4 is 11.1 Å². The first-order valence-corrected chi connectivity index (χ1v) is 7.59. The van der Waals surface area contributed by atoms with E-state index in [1.54, 1.807) is 11.3 Å². The number of benzene rings is 1. The van der Waals surface area contributed by atoms with Crippen molar-refractivity contribution in [1.29, 1.82) is 0 Å². The van der Waals surface area contributed by atoms with Gasteiger partial charge in [0.25, 0.3) is 0 Å². The number of anilines is 1. The molecule has 0 spiro atoms. The Labute approximate surface area is 122 Å². The highest BCUT2D eigenvalue weighted by molar-refractivity contribution is 7.15. The number of aromatic nitrogens is 1. The third kappa shape index (κ3) is 2.99. The van der Waals surface area contributed by atoms with Crippen LogP contribution in [0.25, 0.3) is 0 Å². The molecule has 1 aromatic carbocycles. The largest absolute Gasteiger partial charge is 0.375 e. The first-order valence-electron chi connectivity index (χ1n) is 6.78. The Kier molecular flexibility index (Phi) is 3.69. The van der Waals surface area contributed by atoms with Crippen molar-refractivity contribution in [2.45, 2.75) is 31.7 Å². The molecule has 20 heavy (non-hydrogen) atoms. The van der Waals surface area contributed by atoms with Crippen LogP contribution in [0.15, 0.2) is 30.3 Å². The van der Waals surface area contributed by atoms with Crippen molar-refractivity contribution >= 4 is 22.4 Å². The predicted octanol–water partition coefficient (Wildman–Crippen LogP) is 1.94. The molecule has 0 aliphatic heterocycles. The topological polar surface area (TPSA) is 68.0 Å². The Morgan fingerprint density at radius 3 is 3.00 bits per heavy atom. The van der Waals surface area contributed by atoms with E-state index in [2.05, 4.69) is 10.3 Å². The third-order valence-electron chi connectivity index (χ3n) is 3.53. The zero-order chi connectivity index (χ0) is 13.9. The first-order chi connectivity index (χ1) is 9.70. The van der Waals surface area contributed by atoms with Gasteiger partial charge >= 0.3 is 0 Å². The quantitative estimate of drug-likeness (QED) is 0.906. The normalized spacial score (nSPS) is 17.5. The van der Waals surface area contributed by atoms with Crippen LogP contribution in [0.5, 0.6) is 0 Å². The van der Waals surface area contributed by atoms with Gasteiger partial charge in [0.1, 0.15) is 0 Å². The molecular formula is C15H17N3OS. The molecule has 4 nitrogen and oxygen atoms in total. The molecule has 3 N–H and O–H groups in total. The molecule has 104 valence electrons. The summed E-state index contributed by atoms with van der Waals surface area (Å²) in [6, 6.07) is 10.0. The van der Waals surface area contributed by atoms with E-state index in [0.29, 0.717) is 11.6 Å². The van der Waals surface area contributed by atoms with Crippen LogP contribution in [0.3, 0.4) is 0 Å². The van der Waals surface area contributed by atoms with E-state index in [-0.39, 0.29) is 11.9 Å². The number of amides is 1. The van der Waals surface area contributed by atoms with Gasteiger partial charge in [-0.25, -0.2) is 4.98 Å². The summed E-state index contributed by atoms with van der Waals surface area (Å²) < 4.78 is 0.